The summed E-state index contributed by atoms with van der Waals surface area (Å²) in [5.74, 6) is 0.427. The first-order valence-corrected chi connectivity index (χ1v) is 4.53. The van der Waals surface area contributed by atoms with E-state index in [1.165, 1.54) is 5.57 Å². The lowest BCUT2D eigenvalue weighted by molar-refractivity contribution is -0.146. The van der Waals surface area contributed by atoms with Gasteiger partial charge in [-0.05, 0) is 19.3 Å². The van der Waals surface area contributed by atoms with Crippen LogP contribution in [-0.4, -0.2) is 12.6 Å². The molecule has 2 rings (SSSR count). The smallest absolute Gasteiger partial charge is 0.312 e. The molecule has 0 aromatic rings. The van der Waals surface area contributed by atoms with Crippen LogP contribution >= 0.6 is 0 Å². The predicted octanol–water partition coefficient (Wildman–Crippen LogP) is 1.91. The van der Waals surface area contributed by atoms with E-state index in [1.54, 1.807) is 0 Å². The molecule has 2 heteroatoms. The van der Waals surface area contributed by atoms with Gasteiger partial charge in [0.15, 0.2) is 0 Å². The van der Waals surface area contributed by atoms with Crippen LogP contribution in [0.1, 0.15) is 26.2 Å². The molecule has 2 fully saturated rings. The fraction of sp³-hybridized carbons (Fsp3) is 0.700. The van der Waals surface area contributed by atoms with Crippen molar-refractivity contribution in [3.05, 3.63) is 12.2 Å². The number of fused-ring (bicyclic) bond motifs is 1. The van der Waals surface area contributed by atoms with Gasteiger partial charge >= 0.3 is 5.97 Å². The molecule has 0 radical (unpaired) electrons. The minimum absolute atomic E-state index is 0.00801. The Labute approximate surface area is 72.6 Å². The van der Waals surface area contributed by atoms with E-state index in [9.17, 15) is 4.79 Å². The highest BCUT2D eigenvalue weighted by Crippen LogP contribution is 2.52. The molecule has 0 bridgehead atoms. The first-order valence-electron chi connectivity index (χ1n) is 4.53. The number of carbonyl (C=O) groups excluding carboxylic acids is 1. The molecule has 0 aromatic heterocycles. The predicted molar refractivity (Wildman–Crippen MR) is 45.5 cm³/mol. The van der Waals surface area contributed by atoms with Crippen LogP contribution in [0.15, 0.2) is 12.2 Å². The van der Waals surface area contributed by atoms with Crippen LogP contribution < -0.4 is 0 Å². The molecule has 0 aromatic carbocycles. The second kappa shape index (κ2) is 2.35. The third kappa shape index (κ3) is 0.780. The monoisotopic (exact) mass is 166 g/mol. The van der Waals surface area contributed by atoms with E-state index < -0.39 is 0 Å². The Hall–Kier alpha value is -0.790. The van der Waals surface area contributed by atoms with Gasteiger partial charge in [0.2, 0.25) is 0 Å². The largest absolute Gasteiger partial charge is 0.465 e. The van der Waals surface area contributed by atoms with Crippen LogP contribution in [0, 0.1) is 11.3 Å². The number of allylic oxidation sites excluding steroid dienone is 1. The van der Waals surface area contributed by atoms with Gasteiger partial charge in [0.1, 0.15) is 0 Å². The van der Waals surface area contributed by atoms with Gasteiger partial charge in [-0.1, -0.05) is 19.1 Å². The summed E-state index contributed by atoms with van der Waals surface area (Å²) in [4.78, 5) is 11.5. The van der Waals surface area contributed by atoms with Gasteiger partial charge in [-0.3, -0.25) is 4.79 Å². The van der Waals surface area contributed by atoms with Gasteiger partial charge < -0.3 is 4.74 Å². The summed E-state index contributed by atoms with van der Waals surface area (Å²) in [7, 11) is 0. The molecule has 66 valence electrons. The Morgan fingerprint density at radius 3 is 3.08 bits per heavy atom. The lowest BCUT2D eigenvalue weighted by atomic mass is 9.78. The molecule has 1 saturated carbocycles. The van der Waals surface area contributed by atoms with Crippen LogP contribution in [0.3, 0.4) is 0 Å². The number of esters is 1. The number of cyclic esters (lactones) is 1. The van der Waals surface area contributed by atoms with E-state index in [1.807, 2.05) is 0 Å². The second-order valence-electron chi connectivity index (χ2n) is 3.94. The van der Waals surface area contributed by atoms with Gasteiger partial charge in [0, 0.05) is 5.92 Å². The molecule has 2 atom stereocenters. The highest BCUT2D eigenvalue weighted by atomic mass is 16.5. The standard InChI is InChI=1S/C10H14O2/c1-3-10-5-7(2)4-8(10)6-12-9(10)11/h8H,2-6H2,1H3. The molecule has 2 aliphatic rings. The molecule has 0 amide bonds. The van der Waals surface area contributed by atoms with Crippen LogP contribution in [0.2, 0.25) is 0 Å². The SMILES string of the molecule is C=C1CC2COC(=O)C2(CC)C1. The molecule has 1 saturated heterocycles. The van der Waals surface area contributed by atoms with Gasteiger partial charge in [-0.25, -0.2) is 0 Å². The molecule has 0 spiro atoms. The average molecular weight is 166 g/mol. The Bertz CT molecular complexity index is 244. The van der Waals surface area contributed by atoms with Crippen LogP contribution in [-0.2, 0) is 9.53 Å². The molecule has 1 heterocycles. The lowest BCUT2D eigenvalue weighted by Crippen LogP contribution is -2.27. The van der Waals surface area contributed by atoms with Gasteiger partial charge in [-0.15, -0.1) is 0 Å². The number of hydrogen-bond acceptors (Lipinski definition) is 2. The van der Waals surface area contributed by atoms with Crippen molar-refractivity contribution in [3.63, 3.8) is 0 Å². The zero-order chi connectivity index (χ0) is 8.77. The fourth-order valence-corrected chi connectivity index (χ4v) is 2.54. The first-order chi connectivity index (χ1) is 5.69. The van der Waals surface area contributed by atoms with Gasteiger partial charge in [0.25, 0.3) is 0 Å². The van der Waals surface area contributed by atoms with Crippen molar-refractivity contribution < 1.29 is 9.53 Å². The van der Waals surface area contributed by atoms with Crippen LogP contribution in [0.5, 0.6) is 0 Å². The van der Waals surface area contributed by atoms with Crippen LogP contribution in [0.25, 0.3) is 0 Å². The van der Waals surface area contributed by atoms with Crippen molar-refractivity contribution in [1.82, 2.24) is 0 Å². The van der Waals surface area contributed by atoms with Crippen molar-refractivity contribution in [1.29, 1.82) is 0 Å². The van der Waals surface area contributed by atoms with Crippen molar-refractivity contribution in [2.75, 3.05) is 6.61 Å². The second-order valence-corrected chi connectivity index (χ2v) is 3.94. The highest BCUT2D eigenvalue weighted by Gasteiger charge is 2.54. The fourth-order valence-electron chi connectivity index (χ4n) is 2.54. The Kier molecular flexibility index (Phi) is 1.53. The molecule has 2 unspecified atom stereocenters. The highest BCUT2D eigenvalue weighted by molar-refractivity contribution is 5.80. The molecule has 1 aliphatic carbocycles. The molecular formula is C10H14O2. The summed E-state index contributed by atoms with van der Waals surface area (Å²) >= 11 is 0. The number of rotatable bonds is 1. The molecule has 0 N–H and O–H groups in total. The van der Waals surface area contributed by atoms with Crippen molar-refractivity contribution in [2.24, 2.45) is 11.3 Å². The Morgan fingerprint density at radius 2 is 2.50 bits per heavy atom. The molecule has 1 aliphatic heterocycles. The topological polar surface area (TPSA) is 26.3 Å². The van der Waals surface area contributed by atoms with Crippen molar-refractivity contribution >= 4 is 5.97 Å². The quantitative estimate of drug-likeness (QED) is 0.439. The van der Waals surface area contributed by atoms with E-state index in [0.717, 1.165) is 19.3 Å². The summed E-state index contributed by atoms with van der Waals surface area (Å²) in [6.45, 7) is 6.64. The minimum Gasteiger partial charge on any atom is -0.465 e. The van der Waals surface area contributed by atoms with E-state index in [2.05, 4.69) is 13.5 Å². The molecular weight excluding hydrogens is 152 g/mol. The summed E-state index contributed by atoms with van der Waals surface area (Å²) in [5.41, 5.74) is 1.04. The summed E-state index contributed by atoms with van der Waals surface area (Å²) in [5, 5.41) is 0. The number of hydrogen-bond donors (Lipinski definition) is 0. The van der Waals surface area contributed by atoms with Crippen molar-refractivity contribution in [2.45, 2.75) is 26.2 Å². The Morgan fingerprint density at radius 1 is 1.75 bits per heavy atom. The maximum Gasteiger partial charge on any atom is 0.312 e. The maximum absolute atomic E-state index is 11.5. The van der Waals surface area contributed by atoms with Crippen molar-refractivity contribution in [3.8, 4) is 0 Å². The van der Waals surface area contributed by atoms with Crippen LogP contribution in [0.4, 0.5) is 0 Å². The molecule has 2 nitrogen and oxygen atoms in total. The van der Waals surface area contributed by atoms with E-state index in [0.29, 0.717) is 12.5 Å². The zero-order valence-corrected chi connectivity index (χ0v) is 7.43. The minimum atomic E-state index is -0.183. The van der Waals surface area contributed by atoms with E-state index >= 15 is 0 Å². The van der Waals surface area contributed by atoms with Gasteiger partial charge in [-0.2, -0.15) is 0 Å². The number of carbonyl (C=O) groups is 1. The zero-order valence-electron chi connectivity index (χ0n) is 7.43. The lowest BCUT2D eigenvalue weighted by Gasteiger charge is -2.20. The third-order valence-corrected chi connectivity index (χ3v) is 3.34. The Balaban J connectivity index is 2.34. The maximum atomic E-state index is 11.5. The average Bonchev–Trinajstić information content (AvgIpc) is 2.50. The summed E-state index contributed by atoms with van der Waals surface area (Å²) in [6.07, 6.45) is 2.74. The summed E-state index contributed by atoms with van der Waals surface area (Å²) < 4.78 is 5.08. The van der Waals surface area contributed by atoms with E-state index in [-0.39, 0.29) is 11.4 Å². The molecule has 12 heavy (non-hydrogen) atoms. The summed E-state index contributed by atoms with van der Waals surface area (Å²) in [6, 6.07) is 0. The van der Waals surface area contributed by atoms with Gasteiger partial charge in [0.05, 0.1) is 12.0 Å². The first kappa shape index (κ1) is 7.84. The normalized spacial score (nSPS) is 39.9. The third-order valence-electron chi connectivity index (χ3n) is 3.34. The number of ether oxygens (including phenoxy) is 1. The van der Waals surface area contributed by atoms with E-state index in [4.69, 9.17) is 4.74 Å².